The smallest absolute Gasteiger partial charge is 0.254 e. The Hall–Kier alpha value is -2.25. The van der Waals surface area contributed by atoms with Crippen molar-refractivity contribution in [3.63, 3.8) is 0 Å². The number of nitrogens with one attached hydrogen (secondary N) is 1. The lowest BCUT2D eigenvalue weighted by atomic mass is 10.1. The molecule has 1 aliphatic rings. The van der Waals surface area contributed by atoms with Gasteiger partial charge in [-0.2, -0.15) is 5.10 Å². The van der Waals surface area contributed by atoms with Crippen molar-refractivity contribution in [3.05, 3.63) is 46.5 Å². The number of aryl methyl sites for hydroxylation is 1. The number of aromatic nitrogens is 1. The van der Waals surface area contributed by atoms with Gasteiger partial charge >= 0.3 is 0 Å². The fourth-order valence-electron chi connectivity index (χ4n) is 2.23. The lowest BCUT2D eigenvalue weighted by molar-refractivity contribution is 0.0303. The first-order valence-electron chi connectivity index (χ1n) is 7.41. The van der Waals surface area contributed by atoms with Crippen LogP contribution in [0.3, 0.4) is 0 Å². The number of carbonyl (C=O) groups excluding carboxylic acids is 1. The van der Waals surface area contributed by atoms with Crippen molar-refractivity contribution in [2.45, 2.75) is 6.92 Å². The quantitative estimate of drug-likeness (QED) is 0.690. The Morgan fingerprint density at radius 3 is 2.74 bits per heavy atom. The van der Waals surface area contributed by atoms with Gasteiger partial charge in [0, 0.05) is 24.0 Å². The molecular weight excluding hydrogens is 312 g/mol. The highest BCUT2D eigenvalue weighted by Crippen LogP contribution is 2.14. The number of hydrazone groups is 1. The van der Waals surface area contributed by atoms with Crippen LogP contribution < -0.4 is 5.43 Å². The largest absolute Gasteiger partial charge is 0.378 e. The first kappa shape index (κ1) is 15.6. The van der Waals surface area contributed by atoms with Crippen LogP contribution >= 0.6 is 11.3 Å². The zero-order chi connectivity index (χ0) is 16.1. The maximum absolute atomic E-state index is 12.3. The molecule has 1 fully saturated rings. The van der Waals surface area contributed by atoms with Crippen molar-refractivity contribution < 1.29 is 9.53 Å². The minimum absolute atomic E-state index is 0.0492. The van der Waals surface area contributed by atoms with E-state index >= 15 is 0 Å². The molecule has 1 saturated heterocycles. The van der Waals surface area contributed by atoms with Crippen LogP contribution in [0, 0.1) is 6.92 Å². The highest BCUT2D eigenvalue weighted by molar-refractivity contribution is 7.13. The Morgan fingerprint density at radius 1 is 1.35 bits per heavy atom. The third kappa shape index (κ3) is 4.14. The zero-order valence-electron chi connectivity index (χ0n) is 12.9. The molecule has 0 saturated carbocycles. The standard InChI is InChI=1S/C16H18N4O2S/c1-12-11-23-16(18-12)19-17-10-13-2-4-14(5-3-13)15(21)20-6-8-22-9-7-20/h2-5,10-11H,6-9H2,1H3,(H,18,19). The van der Waals surface area contributed by atoms with Gasteiger partial charge in [0.15, 0.2) is 0 Å². The fourth-order valence-corrected chi connectivity index (χ4v) is 2.87. The first-order valence-corrected chi connectivity index (χ1v) is 8.28. The van der Waals surface area contributed by atoms with E-state index in [9.17, 15) is 4.79 Å². The number of amides is 1. The summed E-state index contributed by atoms with van der Waals surface area (Å²) in [6, 6.07) is 7.41. The van der Waals surface area contributed by atoms with Gasteiger partial charge in [-0.3, -0.25) is 10.2 Å². The first-order chi connectivity index (χ1) is 11.2. The molecule has 3 rings (SSSR count). The van der Waals surface area contributed by atoms with Crippen LogP contribution in [0.2, 0.25) is 0 Å². The van der Waals surface area contributed by atoms with Gasteiger partial charge in [-0.05, 0) is 24.6 Å². The summed E-state index contributed by atoms with van der Waals surface area (Å²) in [5.41, 5.74) is 5.47. The van der Waals surface area contributed by atoms with E-state index in [0.717, 1.165) is 16.4 Å². The Labute approximate surface area is 138 Å². The molecule has 1 aromatic carbocycles. The number of nitrogens with zero attached hydrogens (tertiary/aromatic N) is 3. The molecule has 2 heterocycles. The molecule has 1 amide bonds. The molecule has 0 radical (unpaired) electrons. The average molecular weight is 330 g/mol. The van der Waals surface area contributed by atoms with Crippen molar-refractivity contribution in [2.24, 2.45) is 5.10 Å². The molecule has 1 aliphatic heterocycles. The number of carbonyl (C=O) groups is 1. The fraction of sp³-hybridized carbons (Fsp3) is 0.312. The molecule has 0 spiro atoms. The second-order valence-corrected chi connectivity index (χ2v) is 6.05. The number of anilines is 1. The maximum atomic E-state index is 12.3. The highest BCUT2D eigenvalue weighted by atomic mass is 32.1. The van der Waals surface area contributed by atoms with Crippen molar-refractivity contribution in [1.29, 1.82) is 0 Å². The van der Waals surface area contributed by atoms with E-state index in [4.69, 9.17) is 4.74 Å². The molecule has 0 aliphatic carbocycles. The summed E-state index contributed by atoms with van der Waals surface area (Å²) in [7, 11) is 0. The van der Waals surface area contributed by atoms with Crippen molar-refractivity contribution in [1.82, 2.24) is 9.88 Å². The van der Waals surface area contributed by atoms with Crippen LogP contribution in [0.25, 0.3) is 0 Å². The van der Waals surface area contributed by atoms with Crippen LogP contribution in [0.15, 0.2) is 34.7 Å². The van der Waals surface area contributed by atoms with Gasteiger partial charge in [-0.15, -0.1) is 11.3 Å². The summed E-state index contributed by atoms with van der Waals surface area (Å²) in [6.07, 6.45) is 1.71. The van der Waals surface area contributed by atoms with Gasteiger partial charge < -0.3 is 9.64 Å². The number of ether oxygens (including phenoxy) is 1. The molecule has 1 aromatic heterocycles. The molecule has 2 aromatic rings. The maximum Gasteiger partial charge on any atom is 0.254 e. The molecule has 0 atom stereocenters. The van der Waals surface area contributed by atoms with Gasteiger partial charge in [0.2, 0.25) is 5.13 Å². The second-order valence-electron chi connectivity index (χ2n) is 5.19. The minimum atomic E-state index is 0.0492. The van der Waals surface area contributed by atoms with Gasteiger partial charge in [-0.1, -0.05) is 12.1 Å². The number of benzene rings is 1. The van der Waals surface area contributed by atoms with E-state index in [2.05, 4.69) is 15.5 Å². The van der Waals surface area contributed by atoms with Crippen molar-refractivity contribution >= 4 is 28.6 Å². The van der Waals surface area contributed by atoms with Crippen LogP contribution in [-0.2, 0) is 4.74 Å². The third-order valence-electron chi connectivity index (χ3n) is 3.45. The number of hydrogen-bond donors (Lipinski definition) is 1. The van der Waals surface area contributed by atoms with E-state index in [1.807, 2.05) is 41.5 Å². The van der Waals surface area contributed by atoms with Gasteiger partial charge in [0.25, 0.3) is 5.91 Å². The van der Waals surface area contributed by atoms with Gasteiger partial charge in [-0.25, -0.2) is 4.98 Å². The predicted octanol–water partition coefficient (Wildman–Crippen LogP) is 2.37. The Morgan fingerprint density at radius 2 is 2.09 bits per heavy atom. The summed E-state index contributed by atoms with van der Waals surface area (Å²) in [5.74, 6) is 0.0492. The minimum Gasteiger partial charge on any atom is -0.378 e. The third-order valence-corrected chi connectivity index (χ3v) is 4.31. The van der Waals surface area contributed by atoms with E-state index in [1.165, 1.54) is 11.3 Å². The van der Waals surface area contributed by atoms with E-state index in [1.54, 1.807) is 6.21 Å². The van der Waals surface area contributed by atoms with E-state index in [-0.39, 0.29) is 5.91 Å². The molecular formula is C16H18N4O2S. The van der Waals surface area contributed by atoms with Crippen molar-refractivity contribution in [3.8, 4) is 0 Å². The second kappa shape index (κ2) is 7.34. The van der Waals surface area contributed by atoms with Crippen molar-refractivity contribution in [2.75, 3.05) is 31.7 Å². The molecule has 6 nitrogen and oxygen atoms in total. The average Bonchev–Trinajstić information content (AvgIpc) is 3.01. The molecule has 120 valence electrons. The molecule has 23 heavy (non-hydrogen) atoms. The topological polar surface area (TPSA) is 66.8 Å². The van der Waals surface area contributed by atoms with Gasteiger partial charge in [0.1, 0.15) is 0 Å². The lowest BCUT2D eigenvalue weighted by Crippen LogP contribution is -2.40. The number of rotatable bonds is 4. The molecule has 7 heteroatoms. The summed E-state index contributed by atoms with van der Waals surface area (Å²) >= 11 is 1.51. The van der Waals surface area contributed by atoms with Crippen LogP contribution in [0.1, 0.15) is 21.6 Å². The number of morpholine rings is 1. The van der Waals surface area contributed by atoms with E-state index in [0.29, 0.717) is 31.9 Å². The Bertz CT molecular complexity index is 690. The monoisotopic (exact) mass is 330 g/mol. The summed E-state index contributed by atoms with van der Waals surface area (Å²) < 4.78 is 5.26. The summed E-state index contributed by atoms with van der Waals surface area (Å²) in [4.78, 5) is 18.4. The Balaban J connectivity index is 1.59. The zero-order valence-corrected chi connectivity index (χ0v) is 13.7. The van der Waals surface area contributed by atoms with E-state index < -0.39 is 0 Å². The highest BCUT2D eigenvalue weighted by Gasteiger charge is 2.17. The molecule has 0 bridgehead atoms. The predicted molar refractivity (Wildman–Crippen MR) is 91.2 cm³/mol. The lowest BCUT2D eigenvalue weighted by Gasteiger charge is -2.26. The Kier molecular flexibility index (Phi) is 4.99. The summed E-state index contributed by atoms with van der Waals surface area (Å²) in [5, 5.41) is 6.87. The number of hydrogen-bond acceptors (Lipinski definition) is 6. The SMILES string of the molecule is Cc1csc(NN=Cc2ccc(C(=O)N3CCOCC3)cc2)n1. The van der Waals surface area contributed by atoms with Crippen LogP contribution in [0.5, 0.6) is 0 Å². The molecule has 1 N–H and O–H groups in total. The molecule has 0 unspecified atom stereocenters. The summed E-state index contributed by atoms with van der Waals surface area (Å²) in [6.45, 7) is 4.46. The number of thiazole rings is 1. The normalized spacial score (nSPS) is 15.1. The van der Waals surface area contributed by atoms with Crippen LogP contribution in [0.4, 0.5) is 5.13 Å². The van der Waals surface area contributed by atoms with Crippen LogP contribution in [-0.4, -0.2) is 48.3 Å². The van der Waals surface area contributed by atoms with Gasteiger partial charge in [0.05, 0.1) is 25.1 Å².